The first-order valence-electron chi connectivity index (χ1n) is 5.82. The molecule has 1 aromatic rings. The van der Waals surface area contributed by atoms with E-state index in [9.17, 15) is 19.7 Å². The lowest BCUT2D eigenvalue weighted by atomic mass is 10.0. The van der Waals surface area contributed by atoms with E-state index in [-0.39, 0.29) is 16.9 Å². The molecule has 0 spiro atoms. The third-order valence-corrected chi connectivity index (χ3v) is 3.02. The molecular formula is C12H15N3O5. The minimum atomic E-state index is -1.05. The van der Waals surface area contributed by atoms with Crippen molar-refractivity contribution in [2.24, 2.45) is 5.92 Å². The van der Waals surface area contributed by atoms with E-state index in [1.807, 2.05) is 0 Å². The van der Waals surface area contributed by atoms with Crippen LogP contribution in [0.4, 0.5) is 11.4 Å². The first-order valence-corrected chi connectivity index (χ1v) is 5.82. The number of nitrogens with zero attached hydrogens (tertiary/aromatic N) is 1. The van der Waals surface area contributed by atoms with Gasteiger partial charge in [-0.25, -0.2) is 0 Å². The highest BCUT2D eigenvalue weighted by molar-refractivity contribution is 6.01. The Morgan fingerprint density at radius 2 is 2.00 bits per heavy atom. The number of carbonyl (C=O) groups is 2. The van der Waals surface area contributed by atoms with Crippen LogP contribution in [0.5, 0.6) is 0 Å². The molecule has 0 fully saturated rings. The number of nitrogens with two attached hydrogens (primary N) is 1. The van der Waals surface area contributed by atoms with Crippen LogP contribution >= 0.6 is 0 Å². The standard InChI is InChI=1S/C12H15N3O5/c1-6(12(17)18)7(2)14-11(16)8-4-3-5-9(10(8)13)15(19)20/h3-7H,13H2,1-2H3,(H,14,16)(H,17,18). The summed E-state index contributed by atoms with van der Waals surface area (Å²) in [6, 6.07) is 3.23. The minimum Gasteiger partial charge on any atom is -0.481 e. The lowest BCUT2D eigenvalue weighted by Gasteiger charge is -2.18. The van der Waals surface area contributed by atoms with Crippen molar-refractivity contribution in [3.63, 3.8) is 0 Å². The fourth-order valence-electron chi connectivity index (χ4n) is 1.53. The predicted molar refractivity (Wildman–Crippen MR) is 71.2 cm³/mol. The Morgan fingerprint density at radius 3 is 2.50 bits per heavy atom. The molecule has 20 heavy (non-hydrogen) atoms. The van der Waals surface area contributed by atoms with Crippen molar-refractivity contribution in [2.75, 3.05) is 5.73 Å². The van der Waals surface area contributed by atoms with Crippen LogP contribution in [0.25, 0.3) is 0 Å². The highest BCUT2D eigenvalue weighted by Crippen LogP contribution is 2.24. The molecule has 108 valence electrons. The number of carbonyl (C=O) groups excluding carboxylic acids is 1. The number of nitro benzene ring substituents is 1. The number of benzene rings is 1. The van der Waals surface area contributed by atoms with Gasteiger partial charge in [0.25, 0.3) is 11.6 Å². The quantitative estimate of drug-likeness (QED) is 0.418. The summed E-state index contributed by atoms with van der Waals surface area (Å²) in [5.74, 6) is -2.49. The SMILES string of the molecule is CC(NC(=O)c1cccc([N+](=O)[O-])c1N)C(C)C(=O)O. The fraction of sp³-hybridized carbons (Fsp3) is 0.333. The Hall–Kier alpha value is -2.64. The summed E-state index contributed by atoms with van der Waals surface area (Å²) in [5.41, 5.74) is 4.92. The Morgan fingerprint density at radius 1 is 1.40 bits per heavy atom. The van der Waals surface area contributed by atoms with E-state index in [1.54, 1.807) is 0 Å². The molecule has 0 saturated heterocycles. The Bertz CT molecular complexity index is 558. The lowest BCUT2D eigenvalue weighted by molar-refractivity contribution is -0.383. The third kappa shape index (κ3) is 3.22. The van der Waals surface area contributed by atoms with Gasteiger partial charge in [0, 0.05) is 12.1 Å². The molecule has 0 aliphatic rings. The zero-order valence-corrected chi connectivity index (χ0v) is 11.0. The summed E-state index contributed by atoms with van der Waals surface area (Å²) in [6.07, 6.45) is 0. The van der Waals surface area contributed by atoms with Gasteiger partial charge < -0.3 is 16.2 Å². The van der Waals surface area contributed by atoms with Gasteiger partial charge in [0.05, 0.1) is 16.4 Å². The van der Waals surface area contributed by atoms with Gasteiger partial charge in [-0.3, -0.25) is 19.7 Å². The van der Waals surface area contributed by atoms with Crippen LogP contribution < -0.4 is 11.1 Å². The second-order valence-electron chi connectivity index (χ2n) is 4.38. The summed E-state index contributed by atoms with van der Waals surface area (Å²) >= 11 is 0. The maximum Gasteiger partial charge on any atom is 0.308 e. The van der Waals surface area contributed by atoms with Crippen LogP contribution in [-0.2, 0) is 4.79 Å². The number of nitrogen functional groups attached to an aromatic ring is 1. The van der Waals surface area contributed by atoms with Gasteiger partial charge in [-0.2, -0.15) is 0 Å². The third-order valence-electron chi connectivity index (χ3n) is 3.02. The minimum absolute atomic E-state index is 0.0522. The zero-order valence-electron chi connectivity index (χ0n) is 11.0. The highest BCUT2D eigenvalue weighted by Gasteiger charge is 2.24. The maximum absolute atomic E-state index is 12.0. The largest absolute Gasteiger partial charge is 0.481 e. The molecule has 0 aliphatic heterocycles. The normalized spacial score (nSPS) is 13.3. The Kier molecular flexibility index (Phi) is 4.63. The summed E-state index contributed by atoms with van der Waals surface area (Å²) in [7, 11) is 0. The highest BCUT2D eigenvalue weighted by atomic mass is 16.6. The van der Waals surface area contributed by atoms with Crippen LogP contribution in [0.1, 0.15) is 24.2 Å². The molecule has 8 nitrogen and oxygen atoms in total. The first kappa shape index (κ1) is 15.4. The molecule has 0 aromatic heterocycles. The van der Waals surface area contributed by atoms with Crippen LogP contribution in [0.3, 0.4) is 0 Å². The molecule has 0 heterocycles. The number of aliphatic carboxylic acids is 1. The monoisotopic (exact) mass is 281 g/mol. The summed E-state index contributed by atoms with van der Waals surface area (Å²) < 4.78 is 0. The molecule has 8 heteroatoms. The van der Waals surface area contributed by atoms with E-state index < -0.39 is 28.8 Å². The number of rotatable bonds is 5. The first-order chi connectivity index (χ1) is 9.25. The number of anilines is 1. The molecular weight excluding hydrogens is 266 g/mol. The van der Waals surface area contributed by atoms with Crippen molar-refractivity contribution in [2.45, 2.75) is 19.9 Å². The zero-order chi connectivity index (χ0) is 15.4. The summed E-state index contributed by atoms with van der Waals surface area (Å²) in [4.78, 5) is 32.8. The molecule has 1 amide bonds. The number of nitro groups is 1. The van der Waals surface area contributed by atoms with Gasteiger partial charge in [-0.05, 0) is 19.9 Å². The van der Waals surface area contributed by atoms with Crippen LogP contribution in [0.2, 0.25) is 0 Å². The topological polar surface area (TPSA) is 136 Å². The van der Waals surface area contributed by atoms with Gasteiger partial charge >= 0.3 is 5.97 Å². The number of carboxylic acids is 1. The molecule has 0 bridgehead atoms. The number of nitrogens with one attached hydrogen (secondary N) is 1. The fourth-order valence-corrected chi connectivity index (χ4v) is 1.53. The van der Waals surface area contributed by atoms with Crippen molar-refractivity contribution in [3.8, 4) is 0 Å². The Balaban J connectivity index is 2.96. The van der Waals surface area contributed by atoms with Gasteiger partial charge in [-0.15, -0.1) is 0 Å². The molecule has 1 rings (SSSR count). The van der Waals surface area contributed by atoms with E-state index in [4.69, 9.17) is 10.8 Å². The van der Waals surface area contributed by atoms with Crippen molar-refractivity contribution < 1.29 is 19.6 Å². The number of hydrogen-bond acceptors (Lipinski definition) is 5. The van der Waals surface area contributed by atoms with Crippen LogP contribution in [0.15, 0.2) is 18.2 Å². The van der Waals surface area contributed by atoms with Gasteiger partial charge in [0.15, 0.2) is 0 Å². The van der Waals surface area contributed by atoms with Crippen molar-refractivity contribution in [1.82, 2.24) is 5.32 Å². The van der Waals surface area contributed by atoms with Crippen molar-refractivity contribution in [3.05, 3.63) is 33.9 Å². The molecule has 1 aromatic carbocycles. The van der Waals surface area contributed by atoms with E-state index in [0.29, 0.717) is 0 Å². The maximum atomic E-state index is 12.0. The average Bonchev–Trinajstić information content (AvgIpc) is 2.37. The number of carboxylic acid groups (broad SMARTS) is 1. The molecule has 2 atom stereocenters. The van der Waals surface area contributed by atoms with Gasteiger partial charge in [0.2, 0.25) is 0 Å². The average molecular weight is 281 g/mol. The number of hydrogen-bond donors (Lipinski definition) is 3. The molecule has 2 unspecified atom stereocenters. The predicted octanol–water partition coefficient (Wildman–Crippen LogP) is 1.02. The Labute approximate surface area is 114 Å². The molecule has 4 N–H and O–H groups in total. The summed E-state index contributed by atoms with van der Waals surface area (Å²) in [6.45, 7) is 2.98. The molecule has 0 saturated carbocycles. The van der Waals surface area contributed by atoms with Crippen LogP contribution in [0, 0.1) is 16.0 Å². The van der Waals surface area contributed by atoms with E-state index >= 15 is 0 Å². The van der Waals surface area contributed by atoms with Crippen LogP contribution in [-0.4, -0.2) is 27.9 Å². The number of amides is 1. The molecule has 0 radical (unpaired) electrons. The van der Waals surface area contributed by atoms with E-state index in [0.717, 1.165) is 0 Å². The second kappa shape index (κ2) is 6.00. The second-order valence-corrected chi connectivity index (χ2v) is 4.38. The molecule has 0 aliphatic carbocycles. The van der Waals surface area contributed by atoms with Crippen molar-refractivity contribution >= 4 is 23.3 Å². The van der Waals surface area contributed by atoms with E-state index in [1.165, 1.54) is 32.0 Å². The number of para-hydroxylation sites is 1. The van der Waals surface area contributed by atoms with E-state index in [2.05, 4.69) is 5.32 Å². The lowest BCUT2D eigenvalue weighted by Crippen LogP contribution is -2.40. The van der Waals surface area contributed by atoms with Crippen molar-refractivity contribution in [1.29, 1.82) is 0 Å². The van der Waals surface area contributed by atoms with Gasteiger partial charge in [-0.1, -0.05) is 6.07 Å². The van der Waals surface area contributed by atoms with Gasteiger partial charge in [0.1, 0.15) is 5.69 Å². The smallest absolute Gasteiger partial charge is 0.308 e. The summed E-state index contributed by atoms with van der Waals surface area (Å²) in [5, 5.41) is 22.0.